The van der Waals surface area contributed by atoms with Crippen LogP contribution in [0.1, 0.15) is 11.1 Å². The summed E-state index contributed by atoms with van der Waals surface area (Å²) >= 11 is 3.47. The topological polar surface area (TPSA) is 97.1 Å². The lowest BCUT2D eigenvalue weighted by Gasteiger charge is -2.08. The highest BCUT2D eigenvalue weighted by atomic mass is 79.9. The van der Waals surface area contributed by atoms with Gasteiger partial charge in [0.1, 0.15) is 0 Å². The minimum Gasteiger partial charge on any atom is -0.298 e. The fraction of sp³-hybridized carbons (Fsp3) is 0.0909. The molecule has 0 saturated heterocycles. The number of allylic oxidation sites excluding steroid dienone is 1. The second-order valence-corrected chi connectivity index (χ2v) is 7.72. The number of rotatable bonds is 6. The zero-order valence-electron chi connectivity index (χ0n) is 16.6. The van der Waals surface area contributed by atoms with E-state index in [-0.39, 0.29) is 5.65 Å². The summed E-state index contributed by atoms with van der Waals surface area (Å²) in [5, 5.41) is 4.24. The Morgan fingerprint density at radius 2 is 1.81 bits per heavy atom. The van der Waals surface area contributed by atoms with Gasteiger partial charge in [-0.3, -0.25) is 18.9 Å². The van der Waals surface area contributed by atoms with Crippen LogP contribution in [0, 0.1) is 0 Å². The number of anilines is 1. The van der Waals surface area contributed by atoms with Crippen LogP contribution in [-0.2, 0) is 13.6 Å². The van der Waals surface area contributed by atoms with Crippen molar-refractivity contribution in [3.8, 4) is 0 Å². The van der Waals surface area contributed by atoms with Crippen molar-refractivity contribution in [1.82, 2.24) is 19.1 Å². The molecule has 4 rings (SSSR count). The Balaban J connectivity index is 1.71. The molecule has 0 aliphatic carbocycles. The summed E-state index contributed by atoms with van der Waals surface area (Å²) in [5.41, 5.74) is 4.46. The first-order valence-corrected chi connectivity index (χ1v) is 10.3. The van der Waals surface area contributed by atoms with Crippen molar-refractivity contribution in [2.24, 2.45) is 12.1 Å². The Morgan fingerprint density at radius 1 is 1.13 bits per heavy atom. The molecule has 9 heteroatoms. The average molecular weight is 479 g/mol. The first kappa shape index (κ1) is 20.5. The Morgan fingerprint density at radius 3 is 2.52 bits per heavy atom. The van der Waals surface area contributed by atoms with Gasteiger partial charge in [0.2, 0.25) is 5.95 Å². The third-order valence-electron chi connectivity index (χ3n) is 4.65. The van der Waals surface area contributed by atoms with Crippen molar-refractivity contribution in [3.05, 3.63) is 97.1 Å². The lowest BCUT2D eigenvalue weighted by Crippen LogP contribution is -2.29. The lowest BCUT2D eigenvalue weighted by molar-refractivity contribution is 0.808. The summed E-state index contributed by atoms with van der Waals surface area (Å²) in [7, 11) is 1.56. The van der Waals surface area contributed by atoms with E-state index in [2.05, 4.69) is 36.4 Å². The number of aromatic amines is 1. The molecule has 31 heavy (non-hydrogen) atoms. The molecule has 0 unspecified atom stereocenters. The predicted octanol–water partition coefficient (Wildman–Crippen LogP) is 3.31. The summed E-state index contributed by atoms with van der Waals surface area (Å²) in [6.07, 6.45) is 3.52. The molecule has 8 nitrogen and oxygen atoms in total. The molecule has 2 heterocycles. The van der Waals surface area contributed by atoms with E-state index in [4.69, 9.17) is 0 Å². The fourth-order valence-corrected chi connectivity index (χ4v) is 3.50. The van der Waals surface area contributed by atoms with E-state index in [1.54, 1.807) is 17.8 Å². The number of imidazole rings is 1. The molecule has 156 valence electrons. The molecule has 0 atom stereocenters. The van der Waals surface area contributed by atoms with E-state index < -0.39 is 11.2 Å². The van der Waals surface area contributed by atoms with Crippen LogP contribution < -0.4 is 16.7 Å². The molecule has 0 radical (unpaired) electrons. The maximum atomic E-state index is 12.5. The number of hydrazone groups is 1. The van der Waals surface area contributed by atoms with Gasteiger partial charge >= 0.3 is 5.69 Å². The maximum Gasteiger partial charge on any atom is 0.329 e. The Kier molecular flexibility index (Phi) is 5.94. The van der Waals surface area contributed by atoms with Crippen LogP contribution in [0.2, 0.25) is 0 Å². The van der Waals surface area contributed by atoms with E-state index in [0.717, 1.165) is 15.6 Å². The molecule has 2 aromatic carbocycles. The third kappa shape index (κ3) is 4.56. The van der Waals surface area contributed by atoms with Gasteiger partial charge in [-0.25, -0.2) is 10.2 Å². The number of fused-ring (bicyclic) bond motifs is 1. The van der Waals surface area contributed by atoms with Crippen LogP contribution in [-0.4, -0.2) is 25.3 Å². The van der Waals surface area contributed by atoms with Crippen molar-refractivity contribution >= 4 is 45.3 Å². The number of hydrogen-bond donors (Lipinski definition) is 2. The third-order valence-corrected chi connectivity index (χ3v) is 5.08. The van der Waals surface area contributed by atoms with Crippen LogP contribution in [0.25, 0.3) is 17.2 Å². The van der Waals surface area contributed by atoms with Gasteiger partial charge in [-0.2, -0.15) is 10.1 Å². The number of nitrogens with one attached hydrogen (secondary N) is 2. The smallest absolute Gasteiger partial charge is 0.298 e. The van der Waals surface area contributed by atoms with Crippen molar-refractivity contribution in [1.29, 1.82) is 0 Å². The van der Waals surface area contributed by atoms with Crippen molar-refractivity contribution in [3.63, 3.8) is 0 Å². The minimum atomic E-state index is -0.523. The zero-order valence-corrected chi connectivity index (χ0v) is 18.2. The quantitative estimate of drug-likeness (QED) is 0.328. The number of halogens is 1. The standard InChI is InChI=1S/C22H19BrN6O2/c1-28-19-18(20(30)26-22(28)31)29(14-16-10-6-3-7-11-16)21(25-19)27-24-13-17(23)12-15-8-4-2-5-9-15/h2-13H,14H2,1H3,(H,25,27)(H,26,30,31)/b17-12-,24-13+. The van der Waals surface area contributed by atoms with Crippen LogP contribution >= 0.6 is 15.9 Å². The Labute approximate surface area is 185 Å². The Hall–Kier alpha value is -3.72. The first-order valence-electron chi connectivity index (χ1n) is 9.48. The maximum absolute atomic E-state index is 12.5. The molecule has 0 aliphatic rings. The monoisotopic (exact) mass is 478 g/mol. The van der Waals surface area contributed by atoms with E-state index >= 15 is 0 Å². The van der Waals surface area contributed by atoms with E-state index in [0.29, 0.717) is 18.0 Å². The average Bonchev–Trinajstić information content (AvgIpc) is 3.12. The van der Waals surface area contributed by atoms with E-state index in [1.807, 2.05) is 66.7 Å². The van der Waals surface area contributed by atoms with Gasteiger partial charge in [-0.15, -0.1) is 0 Å². The second-order valence-electron chi connectivity index (χ2n) is 6.81. The van der Waals surface area contributed by atoms with Crippen LogP contribution in [0.15, 0.2) is 79.8 Å². The molecule has 0 bridgehead atoms. The number of aromatic nitrogens is 4. The summed E-state index contributed by atoms with van der Waals surface area (Å²) < 4.78 is 3.76. The Bertz CT molecular complexity index is 1380. The van der Waals surface area contributed by atoms with Gasteiger partial charge in [0.05, 0.1) is 12.8 Å². The van der Waals surface area contributed by atoms with Gasteiger partial charge < -0.3 is 0 Å². The highest BCUT2D eigenvalue weighted by molar-refractivity contribution is 9.12. The zero-order chi connectivity index (χ0) is 21.8. The predicted molar refractivity (Wildman–Crippen MR) is 127 cm³/mol. The molecule has 0 aliphatic heterocycles. The molecule has 4 aromatic rings. The van der Waals surface area contributed by atoms with Gasteiger partial charge in [-0.1, -0.05) is 60.7 Å². The molecule has 0 fully saturated rings. The highest BCUT2D eigenvalue weighted by Crippen LogP contribution is 2.18. The van der Waals surface area contributed by atoms with E-state index in [1.165, 1.54) is 4.57 Å². The summed E-state index contributed by atoms with van der Waals surface area (Å²) in [5.74, 6) is 0.349. The summed E-state index contributed by atoms with van der Waals surface area (Å²) in [4.78, 5) is 31.3. The van der Waals surface area contributed by atoms with Gasteiger partial charge in [0.15, 0.2) is 11.2 Å². The van der Waals surface area contributed by atoms with E-state index in [9.17, 15) is 9.59 Å². The SMILES string of the molecule is Cn1c(=O)[nH]c(=O)c2c1nc(N/N=C/C(Br)=C/c1ccccc1)n2Cc1ccccc1. The number of hydrogen-bond acceptors (Lipinski definition) is 5. The van der Waals surface area contributed by atoms with Crippen LogP contribution in [0.3, 0.4) is 0 Å². The second kappa shape index (κ2) is 8.97. The molecule has 0 saturated carbocycles. The van der Waals surface area contributed by atoms with Crippen LogP contribution in [0.4, 0.5) is 5.95 Å². The summed E-state index contributed by atoms with van der Waals surface area (Å²) in [6, 6.07) is 19.5. The minimum absolute atomic E-state index is 0.279. The van der Waals surface area contributed by atoms with Crippen molar-refractivity contribution < 1.29 is 0 Å². The lowest BCUT2D eigenvalue weighted by atomic mass is 10.2. The van der Waals surface area contributed by atoms with Crippen molar-refractivity contribution in [2.45, 2.75) is 6.54 Å². The molecule has 2 aromatic heterocycles. The number of H-pyrrole nitrogens is 1. The molecule has 2 N–H and O–H groups in total. The molecular weight excluding hydrogens is 460 g/mol. The van der Waals surface area contributed by atoms with Gasteiger partial charge in [0, 0.05) is 11.5 Å². The number of benzene rings is 2. The normalized spacial score (nSPS) is 12.0. The largest absolute Gasteiger partial charge is 0.329 e. The molecular formula is C22H19BrN6O2. The number of nitrogens with zero attached hydrogens (tertiary/aromatic N) is 4. The van der Waals surface area contributed by atoms with Crippen LogP contribution in [0.5, 0.6) is 0 Å². The van der Waals surface area contributed by atoms with Gasteiger partial charge in [-0.05, 0) is 33.1 Å². The highest BCUT2D eigenvalue weighted by Gasteiger charge is 2.17. The van der Waals surface area contributed by atoms with Crippen molar-refractivity contribution in [2.75, 3.05) is 5.43 Å². The summed E-state index contributed by atoms with van der Waals surface area (Å²) in [6.45, 7) is 0.386. The molecule has 0 spiro atoms. The first-order chi connectivity index (χ1) is 15.0. The molecule has 0 amide bonds. The number of aryl methyl sites for hydroxylation is 1. The fourth-order valence-electron chi connectivity index (χ4n) is 3.14. The van der Waals surface area contributed by atoms with Gasteiger partial charge in [0.25, 0.3) is 5.56 Å².